The van der Waals surface area contributed by atoms with Crippen molar-refractivity contribution in [1.29, 1.82) is 0 Å². The van der Waals surface area contributed by atoms with Crippen LogP contribution in [0, 0.1) is 6.92 Å². The molecule has 0 spiro atoms. The number of amides is 1. The minimum Gasteiger partial charge on any atom is -0.334 e. The predicted octanol–water partition coefficient (Wildman–Crippen LogP) is 3.43. The lowest BCUT2D eigenvalue weighted by molar-refractivity contribution is 0.0735. The highest BCUT2D eigenvalue weighted by Gasteiger charge is 2.29. The van der Waals surface area contributed by atoms with E-state index < -0.39 is 10.0 Å². The molecule has 1 aromatic heterocycles. The quantitative estimate of drug-likeness (QED) is 0.788. The fourth-order valence-electron chi connectivity index (χ4n) is 3.84. The van der Waals surface area contributed by atoms with E-state index in [9.17, 15) is 13.2 Å². The zero-order valence-corrected chi connectivity index (χ0v) is 17.1. The number of sulfonamides is 1. The summed E-state index contributed by atoms with van der Waals surface area (Å²) in [6.07, 6.45) is 3.73. The van der Waals surface area contributed by atoms with Crippen molar-refractivity contribution >= 4 is 27.3 Å². The molecular weight excluding hydrogens is 380 g/mol. The maximum absolute atomic E-state index is 13.1. The molecular formula is C20H24N2O3S2. The first kappa shape index (κ1) is 18.7. The van der Waals surface area contributed by atoms with Crippen molar-refractivity contribution in [3.8, 4) is 0 Å². The van der Waals surface area contributed by atoms with Gasteiger partial charge in [0.05, 0.1) is 4.90 Å². The minimum atomic E-state index is -3.54. The van der Waals surface area contributed by atoms with E-state index in [2.05, 4.69) is 11.4 Å². The van der Waals surface area contributed by atoms with Crippen LogP contribution in [0.15, 0.2) is 34.5 Å². The molecule has 0 radical (unpaired) electrons. The summed E-state index contributed by atoms with van der Waals surface area (Å²) >= 11 is 1.74. The largest absolute Gasteiger partial charge is 0.334 e. The van der Waals surface area contributed by atoms with Crippen LogP contribution < -0.4 is 0 Å². The Kier molecular flexibility index (Phi) is 5.09. The molecule has 2 aliphatic heterocycles. The average Bonchev–Trinajstić information content (AvgIpc) is 3.16. The summed E-state index contributed by atoms with van der Waals surface area (Å²) in [5.41, 5.74) is 2.51. The van der Waals surface area contributed by atoms with Crippen molar-refractivity contribution < 1.29 is 13.2 Å². The van der Waals surface area contributed by atoms with Crippen LogP contribution in [-0.2, 0) is 23.0 Å². The Morgan fingerprint density at radius 1 is 1.07 bits per heavy atom. The van der Waals surface area contributed by atoms with Gasteiger partial charge in [0, 0.05) is 36.6 Å². The number of hydrogen-bond acceptors (Lipinski definition) is 4. The van der Waals surface area contributed by atoms with Gasteiger partial charge in [0.2, 0.25) is 10.0 Å². The third-order valence-electron chi connectivity index (χ3n) is 5.49. The Hall–Kier alpha value is -1.70. The summed E-state index contributed by atoms with van der Waals surface area (Å²) in [5, 5.41) is 2.07. The van der Waals surface area contributed by atoms with Crippen molar-refractivity contribution in [2.45, 2.75) is 44.0 Å². The van der Waals surface area contributed by atoms with Gasteiger partial charge in [0.25, 0.3) is 5.91 Å². The molecule has 0 atom stereocenters. The molecule has 2 aromatic rings. The van der Waals surface area contributed by atoms with Crippen LogP contribution in [-0.4, -0.2) is 43.2 Å². The molecule has 1 aromatic carbocycles. The molecule has 0 saturated carbocycles. The van der Waals surface area contributed by atoms with Gasteiger partial charge >= 0.3 is 0 Å². The van der Waals surface area contributed by atoms with Crippen molar-refractivity contribution in [3.05, 3.63) is 51.2 Å². The number of hydrogen-bond donors (Lipinski definition) is 0. The molecule has 4 rings (SSSR count). The van der Waals surface area contributed by atoms with Crippen LogP contribution >= 0.6 is 11.3 Å². The summed E-state index contributed by atoms with van der Waals surface area (Å²) in [7, 11) is -3.54. The number of nitrogens with zero attached hydrogens (tertiary/aromatic N) is 2. The number of carbonyl (C=O) groups excluding carboxylic acids is 1. The van der Waals surface area contributed by atoms with Gasteiger partial charge < -0.3 is 4.90 Å². The number of benzene rings is 1. The van der Waals surface area contributed by atoms with Crippen molar-refractivity contribution in [2.24, 2.45) is 0 Å². The van der Waals surface area contributed by atoms with Crippen LogP contribution in [0.25, 0.3) is 0 Å². The molecule has 3 heterocycles. The van der Waals surface area contributed by atoms with E-state index in [1.165, 1.54) is 10.4 Å². The Morgan fingerprint density at radius 3 is 2.63 bits per heavy atom. The van der Waals surface area contributed by atoms with Gasteiger partial charge in [-0.05, 0) is 60.9 Å². The maximum Gasteiger partial charge on any atom is 0.254 e. The van der Waals surface area contributed by atoms with E-state index in [1.807, 2.05) is 11.8 Å². The van der Waals surface area contributed by atoms with E-state index in [0.717, 1.165) is 31.2 Å². The van der Waals surface area contributed by atoms with Gasteiger partial charge in [-0.25, -0.2) is 8.42 Å². The van der Waals surface area contributed by atoms with Crippen molar-refractivity contribution in [1.82, 2.24) is 9.21 Å². The van der Waals surface area contributed by atoms with E-state index in [-0.39, 0.29) is 10.8 Å². The summed E-state index contributed by atoms with van der Waals surface area (Å²) in [6, 6.07) is 7.03. The first-order valence-electron chi connectivity index (χ1n) is 9.42. The van der Waals surface area contributed by atoms with E-state index in [0.29, 0.717) is 31.7 Å². The maximum atomic E-state index is 13.1. The molecule has 2 aliphatic rings. The molecule has 1 saturated heterocycles. The van der Waals surface area contributed by atoms with Crippen LogP contribution in [0.5, 0.6) is 0 Å². The minimum absolute atomic E-state index is 0.0833. The highest BCUT2D eigenvalue weighted by atomic mass is 32.2. The van der Waals surface area contributed by atoms with E-state index in [4.69, 9.17) is 0 Å². The van der Waals surface area contributed by atoms with Crippen LogP contribution in [0.4, 0.5) is 0 Å². The third kappa shape index (κ3) is 3.56. The fraction of sp³-hybridized carbons (Fsp3) is 0.450. The number of aryl methyl sites for hydroxylation is 1. The lowest BCUT2D eigenvalue weighted by atomic mass is 10.0. The molecule has 0 aliphatic carbocycles. The Bertz CT molecular complexity index is 959. The lowest BCUT2D eigenvalue weighted by Crippen LogP contribution is -2.37. The molecule has 0 N–H and O–H groups in total. The highest BCUT2D eigenvalue weighted by molar-refractivity contribution is 7.89. The van der Waals surface area contributed by atoms with Crippen molar-refractivity contribution in [2.75, 3.05) is 19.6 Å². The van der Waals surface area contributed by atoms with Crippen molar-refractivity contribution in [3.63, 3.8) is 0 Å². The first-order valence-corrected chi connectivity index (χ1v) is 11.7. The standard InChI is InChI=1S/C20H24N2O3S2/c1-15-5-6-17(27(24,25)22-9-3-2-4-10-22)13-18(15)20(23)21-11-7-19-16(14-21)8-12-26-19/h5-6,8,12-13H,2-4,7,9-11,14H2,1H3. The van der Waals surface area contributed by atoms with Crippen LogP contribution in [0.1, 0.15) is 45.6 Å². The lowest BCUT2D eigenvalue weighted by Gasteiger charge is -2.28. The van der Waals surface area contributed by atoms with Gasteiger partial charge in [-0.3, -0.25) is 4.79 Å². The summed E-state index contributed by atoms with van der Waals surface area (Å²) in [6.45, 7) is 4.26. The monoisotopic (exact) mass is 404 g/mol. The summed E-state index contributed by atoms with van der Waals surface area (Å²) in [4.78, 5) is 16.5. The molecule has 1 amide bonds. The number of rotatable bonds is 3. The number of piperidine rings is 1. The van der Waals surface area contributed by atoms with Gasteiger partial charge in [0.15, 0.2) is 0 Å². The zero-order valence-electron chi connectivity index (χ0n) is 15.5. The van der Waals surface area contributed by atoms with Gasteiger partial charge in [-0.15, -0.1) is 11.3 Å². The second-order valence-electron chi connectivity index (χ2n) is 7.29. The normalized spacial score (nSPS) is 18.3. The van der Waals surface area contributed by atoms with Gasteiger partial charge in [0.1, 0.15) is 0 Å². The van der Waals surface area contributed by atoms with Crippen LogP contribution in [0.3, 0.4) is 0 Å². The average molecular weight is 405 g/mol. The van der Waals surface area contributed by atoms with E-state index >= 15 is 0 Å². The zero-order chi connectivity index (χ0) is 19.0. The smallest absolute Gasteiger partial charge is 0.254 e. The predicted molar refractivity (Wildman–Crippen MR) is 107 cm³/mol. The topological polar surface area (TPSA) is 57.7 Å². The van der Waals surface area contributed by atoms with Gasteiger partial charge in [-0.2, -0.15) is 4.31 Å². The number of fused-ring (bicyclic) bond motifs is 1. The van der Waals surface area contributed by atoms with Gasteiger partial charge in [-0.1, -0.05) is 12.5 Å². The second kappa shape index (κ2) is 7.37. The summed E-state index contributed by atoms with van der Waals surface area (Å²) < 4.78 is 27.5. The summed E-state index contributed by atoms with van der Waals surface area (Å²) in [5.74, 6) is -0.0833. The van der Waals surface area contributed by atoms with E-state index in [1.54, 1.807) is 33.8 Å². The molecule has 7 heteroatoms. The number of carbonyl (C=O) groups is 1. The third-order valence-corrected chi connectivity index (χ3v) is 8.40. The molecule has 0 unspecified atom stereocenters. The number of thiophene rings is 1. The highest BCUT2D eigenvalue weighted by Crippen LogP contribution is 2.27. The Morgan fingerprint density at radius 2 is 1.85 bits per heavy atom. The molecule has 144 valence electrons. The SMILES string of the molecule is Cc1ccc(S(=O)(=O)N2CCCCC2)cc1C(=O)N1CCc2sccc2C1. The second-order valence-corrected chi connectivity index (χ2v) is 10.2. The Balaban J connectivity index is 1.62. The van der Waals surface area contributed by atoms with Crippen LogP contribution in [0.2, 0.25) is 0 Å². The molecule has 1 fully saturated rings. The molecule has 0 bridgehead atoms. The molecule has 5 nitrogen and oxygen atoms in total. The Labute approximate surface area is 164 Å². The fourth-order valence-corrected chi connectivity index (χ4v) is 6.27. The first-order chi connectivity index (χ1) is 13.0. The molecule has 27 heavy (non-hydrogen) atoms.